The summed E-state index contributed by atoms with van der Waals surface area (Å²) in [5, 5.41) is 0. The second kappa shape index (κ2) is 2.20. The average Bonchev–Trinajstić information content (AvgIpc) is 2.86. The van der Waals surface area contributed by atoms with E-state index in [0.717, 1.165) is 23.7 Å². The third-order valence-electron chi connectivity index (χ3n) is 6.29. The van der Waals surface area contributed by atoms with E-state index < -0.39 is 0 Å². The topological polar surface area (TPSA) is 34.1 Å². The van der Waals surface area contributed by atoms with E-state index in [1.807, 2.05) is 0 Å². The summed E-state index contributed by atoms with van der Waals surface area (Å²) in [6.07, 6.45) is 5.77. The van der Waals surface area contributed by atoms with Crippen LogP contribution in [-0.2, 0) is 9.59 Å². The lowest BCUT2D eigenvalue weighted by Gasteiger charge is -2.29. The van der Waals surface area contributed by atoms with Crippen molar-refractivity contribution in [2.75, 3.05) is 0 Å². The van der Waals surface area contributed by atoms with E-state index in [0.29, 0.717) is 11.8 Å². The number of hydrogen-bond donors (Lipinski definition) is 0. The first-order valence-corrected chi connectivity index (χ1v) is 6.55. The molecule has 0 aliphatic heterocycles. The Morgan fingerprint density at radius 1 is 0.750 bits per heavy atom. The molecule has 16 heavy (non-hydrogen) atoms. The van der Waals surface area contributed by atoms with Gasteiger partial charge in [-0.1, -0.05) is 0 Å². The summed E-state index contributed by atoms with van der Waals surface area (Å²) < 4.78 is 0. The molecule has 2 nitrogen and oxygen atoms in total. The van der Waals surface area contributed by atoms with Crippen molar-refractivity contribution in [2.24, 2.45) is 47.3 Å². The molecule has 6 atom stereocenters. The molecule has 6 unspecified atom stereocenters. The minimum absolute atomic E-state index is 0.0963. The van der Waals surface area contributed by atoms with Crippen LogP contribution in [0.15, 0.2) is 12.2 Å². The van der Waals surface area contributed by atoms with Crippen molar-refractivity contribution >= 4 is 11.6 Å². The van der Waals surface area contributed by atoms with Gasteiger partial charge in [0.15, 0.2) is 11.6 Å². The molecule has 0 amide bonds. The Bertz CT molecular complexity index is 425. The first-order chi connectivity index (χ1) is 7.79. The fourth-order valence-electron chi connectivity index (χ4n) is 6.10. The number of carbonyl (C=O) groups is 2. The van der Waals surface area contributed by atoms with Crippen molar-refractivity contribution in [1.82, 2.24) is 0 Å². The zero-order valence-electron chi connectivity index (χ0n) is 9.00. The Hall–Kier alpha value is -0.920. The van der Waals surface area contributed by atoms with Crippen LogP contribution in [0.25, 0.3) is 0 Å². The third-order valence-corrected chi connectivity index (χ3v) is 6.29. The molecule has 0 radical (unpaired) electrons. The molecule has 0 aromatic rings. The lowest BCUT2D eigenvalue weighted by molar-refractivity contribution is -0.131. The highest BCUT2D eigenvalue weighted by Gasteiger charge is 2.78. The molecule has 5 fully saturated rings. The summed E-state index contributed by atoms with van der Waals surface area (Å²) in [4.78, 5) is 24.0. The molecule has 0 spiro atoms. The van der Waals surface area contributed by atoms with Crippen LogP contribution in [0.5, 0.6) is 0 Å². The Morgan fingerprint density at radius 3 is 1.69 bits per heavy atom. The van der Waals surface area contributed by atoms with Gasteiger partial charge >= 0.3 is 0 Å². The van der Waals surface area contributed by atoms with Crippen molar-refractivity contribution in [2.45, 2.75) is 12.8 Å². The zero-order valence-corrected chi connectivity index (χ0v) is 9.00. The van der Waals surface area contributed by atoms with E-state index in [2.05, 4.69) is 0 Å². The van der Waals surface area contributed by atoms with Gasteiger partial charge in [0.25, 0.3) is 0 Å². The molecule has 0 saturated heterocycles. The van der Waals surface area contributed by atoms with Crippen molar-refractivity contribution in [3.05, 3.63) is 12.2 Å². The summed E-state index contributed by atoms with van der Waals surface area (Å²) in [5.41, 5.74) is 0. The fourth-order valence-corrected chi connectivity index (χ4v) is 6.10. The second-order valence-corrected chi connectivity index (χ2v) is 6.40. The summed E-state index contributed by atoms with van der Waals surface area (Å²) >= 11 is 0. The highest BCUT2D eigenvalue weighted by atomic mass is 16.1. The minimum Gasteiger partial charge on any atom is -0.295 e. The molecule has 6 bridgehead atoms. The first-order valence-electron chi connectivity index (χ1n) is 6.55. The maximum absolute atomic E-state index is 12.0. The lowest BCUT2D eigenvalue weighted by Crippen LogP contribution is -2.37. The van der Waals surface area contributed by atoms with E-state index in [4.69, 9.17) is 0 Å². The summed E-state index contributed by atoms with van der Waals surface area (Å²) in [5.74, 6) is 5.20. The van der Waals surface area contributed by atoms with Gasteiger partial charge in [-0.05, 0) is 60.5 Å². The predicted molar refractivity (Wildman–Crippen MR) is 56.3 cm³/mol. The highest BCUT2D eigenvalue weighted by molar-refractivity contribution is 6.08. The van der Waals surface area contributed by atoms with Gasteiger partial charge in [0.1, 0.15) is 0 Å². The van der Waals surface area contributed by atoms with Crippen molar-refractivity contribution < 1.29 is 9.59 Å². The van der Waals surface area contributed by atoms with Gasteiger partial charge in [-0.3, -0.25) is 9.59 Å². The van der Waals surface area contributed by atoms with Crippen LogP contribution in [0.2, 0.25) is 0 Å². The Morgan fingerprint density at radius 2 is 1.19 bits per heavy atom. The molecule has 82 valence electrons. The summed E-state index contributed by atoms with van der Waals surface area (Å²) in [7, 11) is 0. The molecule has 6 rings (SSSR count). The smallest absolute Gasteiger partial charge is 0.159 e. The largest absolute Gasteiger partial charge is 0.295 e. The van der Waals surface area contributed by atoms with E-state index in [1.54, 1.807) is 12.2 Å². The number of ketones is 2. The standard InChI is InChI=1S/C14H14O2/c15-7-3-4-8(16)14-12-6-2-1-5-9(10(5)12)11(6)13(7)14/h3-6,9-14H,1-2H2. The first kappa shape index (κ1) is 8.21. The van der Waals surface area contributed by atoms with E-state index in [-0.39, 0.29) is 23.4 Å². The monoisotopic (exact) mass is 214 g/mol. The van der Waals surface area contributed by atoms with Gasteiger partial charge in [0.2, 0.25) is 0 Å². The van der Waals surface area contributed by atoms with Gasteiger partial charge in [0, 0.05) is 11.8 Å². The predicted octanol–water partition coefficient (Wildman–Crippen LogP) is 1.46. The Kier molecular flexibility index (Phi) is 1.13. The SMILES string of the molecule is O=C1C=CC(=O)C2C1C1C3CCC4C1C4C32. The lowest BCUT2D eigenvalue weighted by atomic mass is 9.72. The number of rotatable bonds is 0. The molecule has 2 heteroatoms. The number of carbonyl (C=O) groups excluding carboxylic acids is 2. The number of hydrogen-bond acceptors (Lipinski definition) is 2. The van der Waals surface area contributed by atoms with Crippen LogP contribution < -0.4 is 0 Å². The van der Waals surface area contributed by atoms with E-state index >= 15 is 0 Å². The summed E-state index contributed by atoms with van der Waals surface area (Å²) in [6.45, 7) is 0. The van der Waals surface area contributed by atoms with Crippen molar-refractivity contribution in [3.8, 4) is 0 Å². The summed E-state index contributed by atoms with van der Waals surface area (Å²) in [6, 6.07) is 0. The van der Waals surface area contributed by atoms with Crippen LogP contribution >= 0.6 is 0 Å². The molecular formula is C14H14O2. The maximum Gasteiger partial charge on any atom is 0.159 e. The highest BCUT2D eigenvalue weighted by Crippen LogP contribution is 2.80. The minimum atomic E-state index is 0.0963. The molecule has 5 saturated carbocycles. The van der Waals surface area contributed by atoms with Crippen LogP contribution in [0, 0.1) is 47.3 Å². The van der Waals surface area contributed by atoms with Crippen LogP contribution in [0.4, 0.5) is 0 Å². The molecular weight excluding hydrogens is 200 g/mol. The molecule has 6 aliphatic carbocycles. The molecule has 6 aliphatic rings. The van der Waals surface area contributed by atoms with E-state index in [9.17, 15) is 9.59 Å². The maximum atomic E-state index is 12.0. The van der Waals surface area contributed by atoms with Crippen LogP contribution in [0.3, 0.4) is 0 Å². The van der Waals surface area contributed by atoms with Crippen molar-refractivity contribution in [3.63, 3.8) is 0 Å². The second-order valence-electron chi connectivity index (χ2n) is 6.40. The van der Waals surface area contributed by atoms with Crippen LogP contribution in [0.1, 0.15) is 12.8 Å². The van der Waals surface area contributed by atoms with Gasteiger partial charge in [-0.15, -0.1) is 0 Å². The number of fused-ring (bicyclic) bond motifs is 2. The molecule has 0 aromatic heterocycles. The van der Waals surface area contributed by atoms with Crippen LogP contribution in [-0.4, -0.2) is 11.6 Å². The van der Waals surface area contributed by atoms with Gasteiger partial charge < -0.3 is 0 Å². The average molecular weight is 214 g/mol. The molecule has 0 aromatic carbocycles. The molecule has 0 heterocycles. The quantitative estimate of drug-likeness (QED) is 0.611. The normalized spacial score (nSPS) is 63.8. The van der Waals surface area contributed by atoms with Gasteiger partial charge in [-0.2, -0.15) is 0 Å². The number of allylic oxidation sites excluding steroid dienone is 2. The van der Waals surface area contributed by atoms with E-state index in [1.165, 1.54) is 12.8 Å². The Balaban J connectivity index is 1.70. The molecule has 0 N–H and O–H groups in total. The third kappa shape index (κ3) is 0.629. The van der Waals surface area contributed by atoms with Gasteiger partial charge in [-0.25, -0.2) is 0 Å². The van der Waals surface area contributed by atoms with Gasteiger partial charge in [0.05, 0.1) is 0 Å². The zero-order chi connectivity index (χ0) is 10.6. The van der Waals surface area contributed by atoms with Crippen molar-refractivity contribution in [1.29, 1.82) is 0 Å². The fraction of sp³-hybridized carbons (Fsp3) is 0.714. The Labute approximate surface area is 94.1 Å².